The topological polar surface area (TPSA) is 55.8 Å². The normalized spacial score (nSPS) is 11.9. The van der Waals surface area contributed by atoms with E-state index in [-0.39, 0.29) is 6.42 Å². The second-order valence-electron chi connectivity index (χ2n) is 3.29. The number of carbonyl (C=O) groups is 1. The quantitative estimate of drug-likeness (QED) is 0.628. The van der Waals surface area contributed by atoms with Crippen molar-refractivity contribution in [1.82, 2.24) is 0 Å². The minimum absolute atomic E-state index is 0.0742. The van der Waals surface area contributed by atoms with Gasteiger partial charge in [-0.05, 0) is 23.8 Å². The first-order valence-corrected chi connectivity index (χ1v) is 5.27. The molecule has 1 unspecified atom stereocenters. The van der Waals surface area contributed by atoms with Crippen molar-refractivity contribution in [3.63, 3.8) is 0 Å². The largest absolute Gasteiger partial charge is 0.481 e. The van der Waals surface area contributed by atoms with E-state index >= 15 is 0 Å². The lowest BCUT2D eigenvalue weighted by atomic mass is 10.1. The third-order valence-electron chi connectivity index (χ3n) is 2.02. The third-order valence-corrected chi connectivity index (χ3v) is 2.31. The molecule has 0 spiro atoms. The van der Waals surface area contributed by atoms with E-state index in [9.17, 15) is 4.79 Å². The number of methoxy groups -OCH3 is 1. The maximum absolute atomic E-state index is 10.5. The van der Waals surface area contributed by atoms with Crippen LogP contribution in [0.4, 0.5) is 0 Å². The van der Waals surface area contributed by atoms with Gasteiger partial charge >= 0.3 is 5.97 Å². The van der Waals surface area contributed by atoms with Crippen molar-refractivity contribution >= 4 is 17.6 Å². The molecule has 0 fully saturated rings. The summed E-state index contributed by atoms with van der Waals surface area (Å²) in [6.07, 6.45) is 0.828. The van der Waals surface area contributed by atoms with Crippen LogP contribution in [0.3, 0.4) is 0 Å². The predicted molar refractivity (Wildman–Crippen MR) is 64.4 cm³/mol. The molecule has 1 aromatic carbocycles. The van der Waals surface area contributed by atoms with E-state index in [4.69, 9.17) is 26.2 Å². The molecule has 0 amide bonds. The van der Waals surface area contributed by atoms with E-state index in [0.29, 0.717) is 16.3 Å². The molecular weight excluding hydrogens is 244 g/mol. The average Bonchev–Trinajstić information content (AvgIpc) is 2.27. The van der Waals surface area contributed by atoms with Gasteiger partial charge in [-0.3, -0.25) is 4.79 Å². The highest BCUT2D eigenvalue weighted by atomic mass is 35.5. The summed E-state index contributed by atoms with van der Waals surface area (Å²) in [5.74, 6) is -0.483. The van der Waals surface area contributed by atoms with Crippen LogP contribution >= 0.6 is 11.6 Å². The van der Waals surface area contributed by atoms with Crippen LogP contribution in [-0.4, -0.2) is 24.5 Å². The molecule has 0 saturated carbocycles. The van der Waals surface area contributed by atoms with E-state index < -0.39 is 12.3 Å². The molecule has 1 aromatic rings. The Bertz CT molecular complexity index is 417. The zero-order chi connectivity index (χ0) is 12.8. The minimum atomic E-state index is -0.907. The molecule has 17 heavy (non-hydrogen) atoms. The smallest absolute Gasteiger partial charge is 0.307 e. The molecule has 0 aliphatic rings. The number of hydrogen-bond acceptors (Lipinski definition) is 3. The van der Waals surface area contributed by atoms with Gasteiger partial charge in [0.05, 0.1) is 11.4 Å². The summed E-state index contributed by atoms with van der Waals surface area (Å²) in [6, 6.07) is 4.81. The molecular formula is C12H13ClO4. The molecule has 1 rings (SSSR count). The summed E-state index contributed by atoms with van der Waals surface area (Å²) >= 11 is 5.96. The molecule has 0 aliphatic heterocycles. The maximum atomic E-state index is 10.5. The van der Waals surface area contributed by atoms with Crippen molar-refractivity contribution in [2.24, 2.45) is 0 Å². The van der Waals surface area contributed by atoms with Gasteiger partial charge in [-0.2, -0.15) is 0 Å². The van der Waals surface area contributed by atoms with Crippen molar-refractivity contribution in [2.45, 2.75) is 12.7 Å². The highest BCUT2D eigenvalue weighted by Crippen LogP contribution is 2.26. The van der Waals surface area contributed by atoms with Crippen LogP contribution in [-0.2, 0) is 16.0 Å². The molecule has 0 heterocycles. The fourth-order valence-corrected chi connectivity index (χ4v) is 1.49. The average molecular weight is 257 g/mol. The Labute approximate surface area is 104 Å². The maximum Gasteiger partial charge on any atom is 0.307 e. The van der Waals surface area contributed by atoms with Crippen molar-refractivity contribution in [2.75, 3.05) is 7.11 Å². The van der Waals surface area contributed by atoms with Gasteiger partial charge in [0.2, 0.25) is 6.29 Å². The number of aliphatic carboxylic acids is 1. The Morgan fingerprint density at radius 1 is 1.65 bits per heavy atom. The van der Waals surface area contributed by atoms with Crippen molar-refractivity contribution in [3.05, 3.63) is 41.4 Å². The fourth-order valence-electron chi connectivity index (χ4n) is 1.24. The van der Waals surface area contributed by atoms with Gasteiger partial charge in [0.25, 0.3) is 0 Å². The number of halogens is 1. The van der Waals surface area contributed by atoms with Crippen molar-refractivity contribution in [3.8, 4) is 5.75 Å². The van der Waals surface area contributed by atoms with E-state index in [1.54, 1.807) is 18.2 Å². The zero-order valence-electron chi connectivity index (χ0n) is 9.35. The van der Waals surface area contributed by atoms with Gasteiger partial charge in [-0.15, -0.1) is 0 Å². The number of ether oxygens (including phenoxy) is 2. The van der Waals surface area contributed by atoms with Crippen LogP contribution < -0.4 is 4.74 Å². The summed E-state index contributed by atoms with van der Waals surface area (Å²) in [5, 5.41) is 8.98. The molecule has 0 radical (unpaired) electrons. The van der Waals surface area contributed by atoms with E-state index in [0.717, 1.165) is 0 Å². The monoisotopic (exact) mass is 256 g/mol. The molecule has 1 atom stereocenters. The van der Waals surface area contributed by atoms with Crippen LogP contribution in [0.5, 0.6) is 5.75 Å². The number of rotatable bonds is 6. The van der Waals surface area contributed by atoms with Gasteiger partial charge < -0.3 is 14.6 Å². The van der Waals surface area contributed by atoms with Crippen LogP contribution in [0.2, 0.25) is 5.02 Å². The summed E-state index contributed by atoms with van der Waals surface area (Å²) in [5.41, 5.74) is 0.613. The number of hydrogen-bond donors (Lipinski definition) is 1. The van der Waals surface area contributed by atoms with E-state index in [1.165, 1.54) is 13.2 Å². The van der Waals surface area contributed by atoms with Gasteiger partial charge in [0, 0.05) is 7.11 Å². The first kappa shape index (κ1) is 13.5. The van der Waals surface area contributed by atoms with Crippen molar-refractivity contribution in [1.29, 1.82) is 0 Å². The first-order valence-electron chi connectivity index (χ1n) is 4.89. The third kappa shape index (κ3) is 4.09. The van der Waals surface area contributed by atoms with Gasteiger partial charge in [0.1, 0.15) is 5.75 Å². The zero-order valence-corrected chi connectivity index (χ0v) is 10.1. The van der Waals surface area contributed by atoms with Crippen LogP contribution in [0, 0.1) is 0 Å². The van der Waals surface area contributed by atoms with Gasteiger partial charge in [-0.1, -0.05) is 24.2 Å². The van der Waals surface area contributed by atoms with Crippen LogP contribution in [0.1, 0.15) is 5.56 Å². The van der Waals surface area contributed by atoms with Crippen LogP contribution in [0.25, 0.3) is 0 Å². The van der Waals surface area contributed by atoms with Gasteiger partial charge in [-0.25, -0.2) is 0 Å². The minimum Gasteiger partial charge on any atom is -0.481 e. The summed E-state index contributed by atoms with van der Waals surface area (Å²) in [4.78, 5) is 10.5. The highest BCUT2D eigenvalue weighted by molar-refractivity contribution is 6.32. The molecule has 0 aromatic heterocycles. The molecule has 92 valence electrons. The lowest BCUT2D eigenvalue weighted by molar-refractivity contribution is -0.136. The highest BCUT2D eigenvalue weighted by Gasteiger charge is 2.09. The molecule has 0 aliphatic carbocycles. The molecule has 1 N–H and O–H groups in total. The summed E-state index contributed by atoms with van der Waals surface area (Å²) < 4.78 is 10.3. The lowest BCUT2D eigenvalue weighted by Gasteiger charge is -2.14. The predicted octanol–water partition coefficient (Wildman–Crippen LogP) is 2.50. The molecule has 0 bridgehead atoms. The summed E-state index contributed by atoms with van der Waals surface area (Å²) in [6.45, 7) is 3.54. The van der Waals surface area contributed by atoms with Crippen molar-refractivity contribution < 1.29 is 19.4 Å². The molecule has 4 nitrogen and oxygen atoms in total. The van der Waals surface area contributed by atoms with Gasteiger partial charge in [0.15, 0.2) is 0 Å². The Kier molecular flexibility index (Phi) is 5.00. The standard InChI is InChI=1S/C12H13ClO4/c1-3-12(16-2)17-10-5-4-8(6-9(10)13)7-11(14)15/h3-6,12H,1,7H2,2H3,(H,14,15). The van der Waals surface area contributed by atoms with E-state index in [1.807, 2.05) is 0 Å². The number of carboxylic acid groups (broad SMARTS) is 1. The summed E-state index contributed by atoms with van der Waals surface area (Å²) in [7, 11) is 1.49. The second-order valence-corrected chi connectivity index (χ2v) is 3.70. The number of benzene rings is 1. The fraction of sp³-hybridized carbons (Fsp3) is 0.250. The second kappa shape index (κ2) is 6.27. The van der Waals surface area contributed by atoms with E-state index in [2.05, 4.69) is 6.58 Å². The molecule has 5 heteroatoms. The first-order chi connectivity index (χ1) is 8.06. The molecule has 0 saturated heterocycles. The Balaban J connectivity index is 2.82. The Hall–Kier alpha value is -1.52. The van der Waals surface area contributed by atoms with Crippen LogP contribution in [0.15, 0.2) is 30.9 Å². The lowest BCUT2D eigenvalue weighted by Crippen LogP contribution is -2.15. The SMILES string of the molecule is C=CC(OC)Oc1ccc(CC(=O)O)cc1Cl. The Morgan fingerprint density at radius 2 is 2.35 bits per heavy atom. The Morgan fingerprint density at radius 3 is 2.82 bits per heavy atom. The number of carboxylic acids is 1.